The Morgan fingerprint density at radius 1 is 1.12 bits per heavy atom. The van der Waals surface area contributed by atoms with Crippen LogP contribution in [0.4, 0.5) is 0 Å². The topological polar surface area (TPSA) is 84.7 Å². The molecule has 1 unspecified atom stereocenters. The van der Waals surface area contributed by atoms with Gasteiger partial charge in [0.15, 0.2) is 0 Å². The molecule has 1 atom stereocenters. The molecule has 2 amide bonds. The van der Waals surface area contributed by atoms with Gasteiger partial charge in [-0.3, -0.25) is 9.59 Å². The zero-order valence-corrected chi connectivity index (χ0v) is 15.4. The zero-order valence-electron chi connectivity index (χ0n) is 15.4. The lowest BCUT2D eigenvalue weighted by molar-refractivity contribution is -0.125. The van der Waals surface area contributed by atoms with E-state index in [1.807, 2.05) is 36.1 Å². The molecule has 6 nitrogen and oxygen atoms in total. The highest BCUT2D eigenvalue weighted by Crippen LogP contribution is 2.19. The number of carbonyl (C=O) groups is 2. The number of nitrogens with zero attached hydrogens (tertiary/aromatic N) is 1. The summed E-state index contributed by atoms with van der Waals surface area (Å²) in [5.41, 5.74) is 8.01. The standard InChI is InChI=1S/C20H29N3O3/c1-14-2-4-16(5-3-14)20(25)23-10-6-17(7-11-23)22-19(24)18(21)15-8-12-26-13-9-15/h2-5,15,17-18H,6-13,21H2,1H3,(H,22,24). The number of carbonyl (C=O) groups excluding carboxylic acids is 2. The van der Waals surface area contributed by atoms with Crippen LogP contribution in [0.25, 0.3) is 0 Å². The number of likely N-dealkylation sites (tertiary alicyclic amines) is 1. The second-order valence-electron chi connectivity index (χ2n) is 7.42. The number of aryl methyl sites for hydroxylation is 1. The van der Waals surface area contributed by atoms with Crippen molar-refractivity contribution in [2.24, 2.45) is 11.7 Å². The van der Waals surface area contributed by atoms with Gasteiger partial charge in [0.25, 0.3) is 5.91 Å². The van der Waals surface area contributed by atoms with E-state index in [-0.39, 0.29) is 23.8 Å². The molecule has 0 radical (unpaired) electrons. The molecule has 2 saturated heterocycles. The van der Waals surface area contributed by atoms with Crippen molar-refractivity contribution < 1.29 is 14.3 Å². The minimum atomic E-state index is -0.467. The predicted octanol–water partition coefficient (Wildman–Crippen LogP) is 1.47. The van der Waals surface area contributed by atoms with Crippen LogP contribution in [0.5, 0.6) is 0 Å². The predicted molar refractivity (Wildman–Crippen MR) is 99.8 cm³/mol. The van der Waals surface area contributed by atoms with Gasteiger partial charge in [0.05, 0.1) is 6.04 Å². The van der Waals surface area contributed by atoms with Crippen LogP contribution in [-0.4, -0.2) is 55.1 Å². The van der Waals surface area contributed by atoms with Crippen LogP contribution in [0.3, 0.4) is 0 Å². The van der Waals surface area contributed by atoms with Crippen molar-refractivity contribution >= 4 is 11.8 Å². The first-order chi connectivity index (χ1) is 12.5. The first-order valence-electron chi connectivity index (χ1n) is 9.54. The van der Waals surface area contributed by atoms with E-state index in [4.69, 9.17) is 10.5 Å². The van der Waals surface area contributed by atoms with E-state index in [2.05, 4.69) is 5.32 Å². The molecule has 6 heteroatoms. The van der Waals surface area contributed by atoms with Crippen molar-refractivity contribution in [2.75, 3.05) is 26.3 Å². The maximum absolute atomic E-state index is 12.6. The summed E-state index contributed by atoms with van der Waals surface area (Å²) < 4.78 is 5.33. The molecule has 0 aromatic heterocycles. The number of nitrogens with two attached hydrogens (primary N) is 1. The van der Waals surface area contributed by atoms with Crippen molar-refractivity contribution in [3.05, 3.63) is 35.4 Å². The normalized spacial score (nSPS) is 20.6. The molecule has 26 heavy (non-hydrogen) atoms. The van der Waals surface area contributed by atoms with Crippen molar-refractivity contribution in [1.82, 2.24) is 10.2 Å². The number of ether oxygens (including phenoxy) is 1. The van der Waals surface area contributed by atoms with Gasteiger partial charge in [0, 0.05) is 37.9 Å². The van der Waals surface area contributed by atoms with E-state index in [0.29, 0.717) is 26.3 Å². The molecule has 0 bridgehead atoms. The van der Waals surface area contributed by atoms with Crippen LogP contribution < -0.4 is 11.1 Å². The fourth-order valence-electron chi connectivity index (χ4n) is 3.69. The molecule has 0 spiro atoms. The van der Waals surface area contributed by atoms with E-state index < -0.39 is 6.04 Å². The van der Waals surface area contributed by atoms with Crippen LogP contribution in [-0.2, 0) is 9.53 Å². The van der Waals surface area contributed by atoms with E-state index in [1.54, 1.807) is 0 Å². The van der Waals surface area contributed by atoms with Gasteiger partial charge in [-0.05, 0) is 50.7 Å². The first-order valence-corrected chi connectivity index (χ1v) is 9.54. The monoisotopic (exact) mass is 359 g/mol. The zero-order chi connectivity index (χ0) is 18.5. The Bertz CT molecular complexity index is 618. The lowest BCUT2D eigenvalue weighted by atomic mass is 9.91. The summed E-state index contributed by atoms with van der Waals surface area (Å²) in [6.45, 7) is 4.69. The largest absolute Gasteiger partial charge is 0.381 e. The van der Waals surface area contributed by atoms with Crippen molar-refractivity contribution in [2.45, 2.75) is 44.7 Å². The van der Waals surface area contributed by atoms with Gasteiger partial charge in [-0.1, -0.05) is 17.7 Å². The Balaban J connectivity index is 1.46. The molecule has 2 fully saturated rings. The first kappa shape index (κ1) is 18.9. The van der Waals surface area contributed by atoms with E-state index in [0.717, 1.165) is 36.8 Å². The van der Waals surface area contributed by atoms with Gasteiger partial charge in [-0.25, -0.2) is 0 Å². The van der Waals surface area contributed by atoms with Gasteiger partial charge in [0.1, 0.15) is 0 Å². The van der Waals surface area contributed by atoms with Crippen molar-refractivity contribution in [1.29, 1.82) is 0 Å². The van der Waals surface area contributed by atoms with Gasteiger partial charge < -0.3 is 20.7 Å². The number of amides is 2. The number of hydrogen-bond acceptors (Lipinski definition) is 4. The van der Waals surface area contributed by atoms with Crippen LogP contribution in [0.15, 0.2) is 24.3 Å². The Labute approximate surface area is 155 Å². The van der Waals surface area contributed by atoms with Crippen molar-refractivity contribution in [3.63, 3.8) is 0 Å². The van der Waals surface area contributed by atoms with Gasteiger partial charge in [-0.15, -0.1) is 0 Å². The molecule has 3 rings (SSSR count). The van der Waals surface area contributed by atoms with Gasteiger partial charge in [0.2, 0.25) is 5.91 Å². The fourth-order valence-corrected chi connectivity index (χ4v) is 3.69. The average molecular weight is 359 g/mol. The van der Waals surface area contributed by atoms with Gasteiger partial charge >= 0.3 is 0 Å². The van der Waals surface area contributed by atoms with Crippen LogP contribution >= 0.6 is 0 Å². The molecule has 1 aromatic rings. The van der Waals surface area contributed by atoms with Crippen molar-refractivity contribution in [3.8, 4) is 0 Å². The lowest BCUT2D eigenvalue weighted by Crippen LogP contribution is -2.53. The summed E-state index contributed by atoms with van der Waals surface area (Å²) in [7, 11) is 0. The Morgan fingerprint density at radius 3 is 2.35 bits per heavy atom. The maximum atomic E-state index is 12.6. The second kappa shape index (κ2) is 8.64. The van der Waals surface area contributed by atoms with Crippen LogP contribution in [0.1, 0.15) is 41.6 Å². The van der Waals surface area contributed by atoms with E-state index >= 15 is 0 Å². The molecule has 1 aromatic carbocycles. The summed E-state index contributed by atoms with van der Waals surface area (Å²) in [5.74, 6) is 0.195. The molecular weight excluding hydrogens is 330 g/mol. The highest BCUT2D eigenvalue weighted by atomic mass is 16.5. The minimum Gasteiger partial charge on any atom is -0.381 e. The second-order valence-corrected chi connectivity index (χ2v) is 7.42. The minimum absolute atomic E-state index is 0.0636. The highest BCUT2D eigenvalue weighted by Gasteiger charge is 2.30. The van der Waals surface area contributed by atoms with E-state index in [1.165, 1.54) is 0 Å². The summed E-state index contributed by atoms with van der Waals surface area (Å²) in [4.78, 5) is 26.8. The van der Waals surface area contributed by atoms with Gasteiger partial charge in [-0.2, -0.15) is 0 Å². The number of benzene rings is 1. The summed E-state index contributed by atoms with van der Waals surface area (Å²) in [6.07, 6.45) is 3.23. The highest BCUT2D eigenvalue weighted by molar-refractivity contribution is 5.94. The number of piperidine rings is 1. The third-order valence-corrected chi connectivity index (χ3v) is 5.50. The molecule has 0 aliphatic carbocycles. The van der Waals surface area contributed by atoms with Crippen LogP contribution in [0, 0.1) is 12.8 Å². The SMILES string of the molecule is Cc1ccc(C(=O)N2CCC(NC(=O)C(N)C3CCOCC3)CC2)cc1. The Kier molecular flexibility index (Phi) is 6.27. The molecule has 2 aliphatic heterocycles. The molecule has 2 heterocycles. The molecule has 0 saturated carbocycles. The smallest absolute Gasteiger partial charge is 0.253 e. The molecule has 3 N–H and O–H groups in total. The van der Waals surface area contributed by atoms with E-state index in [9.17, 15) is 9.59 Å². The average Bonchev–Trinajstić information content (AvgIpc) is 2.68. The number of rotatable bonds is 4. The fraction of sp³-hybridized carbons (Fsp3) is 0.600. The Hall–Kier alpha value is -1.92. The van der Waals surface area contributed by atoms with Crippen LogP contribution in [0.2, 0.25) is 0 Å². The summed E-state index contributed by atoms with van der Waals surface area (Å²) in [6, 6.07) is 7.29. The number of hydrogen-bond donors (Lipinski definition) is 2. The Morgan fingerprint density at radius 2 is 1.73 bits per heavy atom. The number of nitrogens with one attached hydrogen (secondary N) is 1. The third-order valence-electron chi connectivity index (χ3n) is 5.50. The molecule has 142 valence electrons. The molecule has 2 aliphatic rings. The summed E-state index contributed by atoms with van der Waals surface area (Å²) in [5, 5.41) is 3.08. The summed E-state index contributed by atoms with van der Waals surface area (Å²) >= 11 is 0. The lowest BCUT2D eigenvalue weighted by Gasteiger charge is -2.34. The quantitative estimate of drug-likeness (QED) is 0.853. The third kappa shape index (κ3) is 4.62. The molecular formula is C20H29N3O3. The maximum Gasteiger partial charge on any atom is 0.253 e.